The number of aryl methyl sites for hydroxylation is 1. The van der Waals surface area contributed by atoms with Crippen molar-refractivity contribution in [3.8, 4) is 0 Å². The number of rotatable bonds is 6. The van der Waals surface area contributed by atoms with Crippen LogP contribution in [0.2, 0.25) is 0 Å². The number of hydrogen-bond acceptors (Lipinski definition) is 3. The fourth-order valence-electron chi connectivity index (χ4n) is 2.21. The number of nitrogens with one attached hydrogen (secondary N) is 2. The largest absolute Gasteiger partial charge is 0.357 e. The highest BCUT2D eigenvalue weighted by Crippen LogP contribution is 2.13. The van der Waals surface area contributed by atoms with Crippen molar-refractivity contribution in [2.45, 2.75) is 26.9 Å². The van der Waals surface area contributed by atoms with Crippen molar-refractivity contribution in [3.05, 3.63) is 75.1 Å². The molecule has 140 valence electrons. The van der Waals surface area contributed by atoms with E-state index in [1.165, 1.54) is 18.2 Å². The van der Waals surface area contributed by atoms with E-state index in [9.17, 15) is 14.5 Å². The SMILES string of the molecule is CCNC(=NCc1cccc([N+](=O)[O-])c1)NCc1ccc(C)c(F)c1.I. The summed E-state index contributed by atoms with van der Waals surface area (Å²) in [5, 5.41) is 17.0. The number of hydrogen-bond donors (Lipinski definition) is 2. The fraction of sp³-hybridized carbons (Fsp3) is 0.278. The van der Waals surface area contributed by atoms with Gasteiger partial charge < -0.3 is 10.6 Å². The van der Waals surface area contributed by atoms with Crippen LogP contribution in [0.25, 0.3) is 0 Å². The minimum Gasteiger partial charge on any atom is -0.357 e. The Labute approximate surface area is 169 Å². The number of nitro groups is 1. The third-order valence-corrected chi connectivity index (χ3v) is 3.58. The van der Waals surface area contributed by atoms with Crippen LogP contribution in [-0.2, 0) is 13.1 Å². The summed E-state index contributed by atoms with van der Waals surface area (Å²) in [6.07, 6.45) is 0. The molecule has 0 heterocycles. The summed E-state index contributed by atoms with van der Waals surface area (Å²) in [5.41, 5.74) is 2.20. The van der Waals surface area contributed by atoms with Gasteiger partial charge in [-0.25, -0.2) is 9.38 Å². The summed E-state index contributed by atoms with van der Waals surface area (Å²) in [4.78, 5) is 14.8. The third-order valence-electron chi connectivity index (χ3n) is 3.58. The zero-order chi connectivity index (χ0) is 18.2. The molecule has 0 saturated heterocycles. The van der Waals surface area contributed by atoms with Gasteiger partial charge in [0.25, 0.3) is 5.69 Å². The number of nitrogens with zero attached hydrogens (tertiary/aromatic N) is 2. The second-order valence-corrected chi connectivity index (χ2v) is 5.56. The van der Waals surface area contributed by atoms with Gasteiger partial charge in [0.1, 0.15) is 5.82 Å². The fourth-order valence-corrected chi connectivity index (χ4v) is 2.21. The Morgan fingerprint density at radius 1 is 1.19 bits per heavy atom. The van der Waals surface area contributed by atoms with E-state index in [2.05, 4.69) is 15.6 Å². The Hall–Kier alpha value is -2.23. The van der Waals surface area contributed by atoms with Crippen molar-refractivity contribution in [2.24, 2.45) is 4.99 Å². The van der Waals surface area contributed by atoms with Crippen molar-refractivity contribution in [1.29, 1.82) is 0 Å². The molecule has 2 aromatic carbocycles. The molecule has 0 unspecified atom stereocenters. The van der Waals surface area contributed by atoms with Crippen molar-refractivity contribution in [2.75, 3.05) is 6.54 Å². The highest BCUT2D eigenvalue weighted by molar-refractivity contribution is 14.0. The summed E-state index contributed by atoms with van der Waals surface area (Å²) in [7, 11) is 0. The van der Waals surface area contributed by atoms with E-state index in [1.807, 2.05) is 13.0 Å². The predicted molar refractivity (Wildman–Crippen MR) is 111 cm³/mol. The molecule has 26 heavy (non-hydrogen) atoms. The minimum absolute atomic E-state index is 0. The van der Waals surface area contributed by atoms with Gasteiger partial charge in [0.2, 0.25) is 0 Å². The molecule has 0 spiro atoms. The molecule has 0 fully saturated rings. The second-order valence-electron chi connectivity index (χ2n) is 5.56. The Morgan fingerprint density at radius 3 is 2.62 bits per heavy atom. The van der Waals surface area contributed by atoms with Crippen LogP contribution in [0.15, 0.2) is 47.5 Å². The zero-order valence-electron chi connectivity index (χ0n) is 14.7. The molecule has 0 atom stereocenters. The van der Waals surface area contributed by atoms with Gasteiger partial charge in [0.05, 0.1) is 11.5 Å². The maximum absolute atomic E-state index is 13.6. The summed E-state index contributed by atoms with van der Waals surface area (Å²) in [5.74, 6) is 0.327. The van der Waals surface area contributed by atoms with E-state index in [-0.39, 0.29) is 35.5 Å². The lowest BCUT2D eigenvalue weighted by Gasteiger charge is -2.12. The van der Waals surface area contributed by atoms with Crippen LogP contribution in [0.3, 0.4) is 0 Å². The lowest BCUT2D eigenvalue weighted by atomic mass is 10.1. The van der Waals surface area contributed by atoms with E-state index in [0.29, 0.717) is 31.2 Å². The average Bonchev–Trinajstić information content (AvgIpc) is 2.60. The van der Waals surface area contributed by atoms with Crippen LogP contribution in [0, 0.1) is 22.9 Å². The van der Waals surface area contributed by atoms with Crippen LogP contribution in [-0.4, -0.2) is 17.4 Å². The molecule has 2 rings (SSSR count). The first-order chi connectivity index (χ1) is 12.0. The number of benzene rings is 2. The van der Waals surface area contributed by atoms with Gasteiger partial charge >= 0.3 is 0 Å². The number of aliphatic imine (C=N–C) groups is 1. The monoisotopic (exact) mass is 472 g/mol. The Kier molecular flexibility index (Phi) is 8.97. The van der Waals surface area contributed by atoms with Crippen LogP contribution >= 0.6 is 24.0 Å². The molecular weight excluding hydrogens is 450 g/mol. The third kappa shape index (κ3) is 6.58. The number of halogens is 2. The smallest absolute Gasteiger partial charge is 0.269 e. The molecule has 0 amide bonds. The normalized spacial score (nSPS) is 10.8. The Balaban J connectivity index is 0.00000338. The van der Waals surface area contributed by atoms with Gasteiger partial charge in [-0.05, 0) is 36.6 Å². The summed E-state index contributed by atoms with van der Waals surface area (Å²) < 4.78 is 13.6. The van der Waals surface area contributed by atoms with Gasteiger partial charge in [0, 0.05) is 25.2 Å². The molecule has 0 saturated carbocycles. The van der Waals surface area contributed by atoms with Crippen molar-refractivity contribution < 1.29 is 9.31 Å². The maximum Gasteiger partial charge on any atom is 0.269 e. The van der Waals surface area contributed by atoms with Crippen molar-refractivity contribution in [3.63, 3.8) is 0 Å². The zero-order valence-corrected chi connectivity index (χ0v) is 17.0. The Morgan fingerprint density at radius 2 is 1.96 bits per heavy atom. The highest BCUT2D eigenvalue weighted by atomic mass is 127. The maximum atomic E-state index is 13.6. The second kappa shape index (κ2) is 10.7. The standard InChI is InChI=1S/C18H21FN4O2.HI/c1-3-20-18(22-12-15-8-7-13(2)17(19)10-15)21-11-14-5-4-6-16(9-14)23(24)25;/h4-10H,3,11-12H2,1-2H3,(H2,20,21,22);1H. The van der Waals surface area contributed by atoms with Gasteiger partial charge in [-0.3, -0.25) is 10.1 Å². The first-order valence-electron chi connectivity index (χ1n) is 8.00. The summed E-state index contributed by atoms with van der Waals surface area (Å²) in [6.45, 7) is 5.06. The molecule has 0 aromatic heterocycles. The van der Waals surface area contributed by atoms with E-state index in [1.54, 1.807) is 25.1 Å². The first kappa shape index (κ1) is 21.8. The Bertz CT molecular complexity index is 784. The van der Waals surface area contributed by atoms with Crippen molar-refractivity contribution >= 4 is 35.6 Å². The summed E-state index contributed by atoms with van der Waals surface area (Å²) in [6, 6.07) is 11.5. The molecule has 0 aliphatic rings. The molecule has 8 heteroatoms. The quantitative estimate of drug-likeness (QED) is 0.220. The van der Waals surface area contributed by atoms with Crippen molar-refractivity contribution in [1.82, 2.24) is 10.6 Å². The molecule has 6 nitrogen and oxygen atoms in total. The lowest BCUT2D eigenvalue weighted by molar-refractivity contribution is -0.384. The average molecular weight is 472 g/mol. The van der Waals surface area contributed by atoms with E-state index < -0.39 is 4.92 Å². The molecule has 2 N–H and O–H groups in total. The minimum atomic E-state index is -0.428. The first-order valence-corrected chi connectivity index (χ1v) is 8.00. The molecule has 0 radical (unpaired) electrons. The van der Waals surface area contributed by atoms with Gasteiger partial charge in [-0.15, -0.1) is 24.0 Å². The molecule has 0 aliphatic heterocycles. The van der Waals surface area contributed by atoms with Gasteiger partial charge in [-0.2, -0.15) is 0 Å². The molecule has 0 bridgehead atoms. The molecule has 0 aliphatic carbocycles. The number of nitro benzene ring substituents is 1. The lowest BCUT2D eigenvalue weighted by Crippen LogP contribution is -2.36. The van der Waals surface area contributed by atoms with E-state index in [4.69, 9.17) is 0 Å². The van der Waals surface area contributed by atoms with Gasteiger partial charge in [0.15, 0.2) is 5.96 Å². The molecule has 2 aromatic rings. The van der Waals surface area contributed by atoms with Gasteiger partial charge in [-0.1, -0.05) is 24.3 Å². The number of non-ortho nitro benzene ring substituents is 1. The molecular formula is C18H22FIN4O2. The van der Waals surface area contributed by atoms with Crippen LogP contribution in [0.1, 0.15) is 23.6 Å². The topological polar surface area (TPSA) is 79.6 Å². The van der Waals surface area contributed by atoms with Crippen LogP contribution in [0.5, 0.6) is 0 Å². The summed E-state index contributed by atoms with van der Waals surface area (Å²) >= 11 is 0. The van der Waals surface area contributed by atoms with Crippen LogP contribution < -0.4 is 10.6 Å². The number of guanidine groups is 1. The van der Waals surface area contributed by atoms with Crippen LogP contribution in [0.4, 0.5) is 10.1 Å². The van der Waals surface area contributed by atoms with E-state index >= 15 is 0 Å². The highest BCUT2D eigenvalue weighted by Gasteiger charge is 2.06. The predicted octanol–water partition coefficient (Wildman–Crippen LogP) is 3.92. The van der Waals surface area contributed by atoms with E-state index in [0.717, 1.165) is 11.1 Å².